The smallest absolute Gasteiger partial charge is 0.248 e. The summed E-state index contributed by atoms with van der Waals surface area (Å²) in [4.78, 5) is 19.6. The molecule has 3 rings (SSSR count). The number of rotatable bonds is 3. The van der Waals surface area contributed by atoms with E-state index in [1.54, 1.807) is 6.07 Å². The van der Waals surface area contributed by atoms with Crippen molar-refractivity contribution < 1.29 is 0 Å². The van der Waals surface area contributed by atoms with E-state index >= 15 is 0 Å². The maximum atomic E-state index is 11.9. The molecule has 21 heavy (non-hydrogen) atoms. The molecule has 0 aliphatic carbocycles. The molecule has 1 aromatic heterocycles. The van der Waals surface area contributed by atoms with Gasteiger partial charge in [-0.25, -0.2) is 0 Å². The van der Waals surface area contributed by atoms with Crippen LogP contribution in [0.3, 0.4) is 0 Å². The maximum absolute atomic E-state index is 11.9. The van der Waals surface area contributed by atoms with Crippen molar-refractivity contribution in [3.05, 3.63) is 34.1 Å². The molecule has 0 bridgehead atoms. The van der Waals surface area contributed by atoms with E-state index in [9.17, 15) is 4.79 Å². The van der Waals surface area contributed by atoms with Crippen LogP contribution in [0.2, 0.25) is 0 Å². The molecule has 0 spiro atoms. The fourth-order valence-electron chi connectivity index (χ4n) is 3.23. The maximum Gasteiger partial charge on any atom is 0.248 e. The first kappa shape index (κ1) is 14.0. The molecule has 0 amide bonds. The van der Waals surface area contributed by atoms with Gasteiger partial charge < -0.3 is 14.8 Å². The number of nitrogens with zero attached hydrogens (tertiary/aromatic N) is 2. The fourth-order valence-corrected chi connectivity index (χ4v) is 3.23. The number of fused-ring (bicyclic) bond motifs is 2. The van der Waals surface area contributed by atoms with Crippen LogP contribution < -0.4 is 15.4 Å². The van der Waals surface area contributed by atoms with Gasteiger partial charge in [0.2, 0.25) is 5.56 Å². The van der Waals surface area contributed by atoms with E-state index in [1.807, 2.05) is 0 Å². The molecule has 2 heterocycles. The van der Waals surface area contributed by atoms with Crippen molar-refractivity contribution in [1.29, 1.82) is 0 Å². The van der Waals surface area contributed by atoms with E-state index in [0.29, 0.717) is 0 Å². The van der Waals surface area contributed by atoms with Crippen LogP contribution in [0.15, 0.2) is 23.0 Å². The Bertz CT molecular complexity index is 720. The van der Waals surface area contributed by atoms with Gasteiger partial charge in [0.05, 0.1) is 16.9 Å². The van der Waals surface area contributed by atoms with Gasteiger partial charge in [-0.2, -0.15) is 0 Å². The summed E-state index contributed by atoms with van der Waals surface area (Å²) < 4.78 is 0. The lowest BCUT2D eigenvalue weighted by molar-refractivity contribution is 0.755. The Balaban J connectivity index is 2.27. The van der Waals surface area contributed by atoms with Gasteiger partial charge in [-0.15, -0.1) is 0 Å². The molecule has 1 aliphatic heterocycles. The molecule has 1 aromatic carbocycles. The van der Waals surface area contributed by atoms with Gasteiger partial charge >= 0.3 is 0 Å². The summed E-state index contributed by atoms with van der Waals surface area (Å²) in [5, 5.41) is 1.18. The molecule has 4 nitrogen and oxygen atoms in total. The second-order valence-electron chi connectivity index (χ2n) is 5.80. The number of hydrogen-bond acceptors (Lipinski definition) is 3. The van der Waals surface area contributed by atoms with Crippen LogP contribution in [0.25, 0.3) is 10.9 Å². The third-order valence-electron chi connectivity index (χ3n) is 4.38. The summed E-state index contributed by atoms with van der Waals surface area (Å²) in [6, 6.07) is 6.14. The molecule has 112 valence electrons. The Morgan fingerprint density at radius 3 is 2.67 bits per heavy atom. The van der Waals surface area contributed by atoms with Crippen LogP contribution in [0, 0.1) is 0 Å². The van der Waals surface area contributed by atoms with Crippen LogP contribution in [-0.4, -0.2) is 31.7 Å². The number of nitrogens with one attached hydrogen (secondary N) is 1. The van der Waals surface area contributed by atoms with E-state index in [2.05, 4.69) is 47.8 Å². The van der Waals surface area contributed by atoms with E-state index in [4.69, 9.17) is 0 Å². The SMILES string of the molecule is CCCc1cc(=O)[nH]c2cc3c(cc12)N(C)CCN3CC. The third kappa shape index (κ3) is 2.39. The second-order valence-corrected chi connectivity index (χ2v) is 5.80. The monoisotopic (exact) mass is 285 g/mol. The number of aromatic nitrogens is 1. The first-order valence-electron chi connectivity index (χ1n) is 7.80. The van der Waals surface area contributed by atoms with Gasteiger partial charge in [-0.1, -0.05) is 13.3 Å². The molecule has 4 heteroatoms. The summed E-state index contributed by atoms with van der Waals surface area (Å²) in [5.41, 5.74) is 4.60. The van der Waals surface area contributed by atoms with Gasteiger partial charge in [0.15, 0.2) is 0 Å². The summed E-state index contributed by atoms with van der Waals surface area (Å²) in [5.74, 6) is 0. The summed E-state index contributed by atoms with van der Waals surface area (Å²) in [6.07, 6.45) is 1.99. The molecular formula is C17H23N3O. The van der Waals surface area contributed by atoms with Crippen molar-refractivity contribution in [2.75, 3.05) is 36.5 Å². The fraction of sp³-hybridized carbons (Fsp3) is 0.471. The van der Waals surface area contributed by atoms with E-state index in [-0.39, 0.29) is 5.56 Å². The van der Waals surface area contributed by atoms with Crippen LogP contribution in [0.1, 0.15) is 25.8 Å². The van der Waals surface area contributed by atoms with Crippen molar-refractivity contribution in [1.82, 2.24) is 4.98 Å². The van der Waals surface area contributed by atoms with Gasteiger partial charge in [-0.05, 0) is 31.0 Å². The normalized spacial score (nSPS) is 14.6. The number of anilines is 2. The number of H-pyrrole nitrogens is 1. The second kappa shape index (κ2) is 5.43. The third-order valence-corrected chi connectivity index (χ3v) is 4.38. The zero-order chi connectivity index (χ0) is 15.0. The van der Waals surface area contributed by atoms with Crippen LogP contribution in [-0.2, 0) is 6.42 Å². The first-order valence-corrected chi connectivity index (χ1v) is 7.80. The molecule has 0 fully saturated rings. The number of benzene rings is 1. The number of aryl methyl sites for hydroxylation is 1. The van der Waals surface area contributed by atoms with E-state index in [1.165, 1.54) is 16.8 Å². The highest BCUT2D eigenvalue weighted by Crippen LogP contribution is 2.36. The lowest BCUT2D eigenvalue weighted by Crippen LogP contribution is -2.39. The van der Waals surface area contributed by atoms with E-state index < -0.39 is 0 Å². The largest absolute Gasteiger partial charge is 0.371 e. The topological polar surface area (TPSA) is 39.3 Å². The predicted octanol–water partition coefficient (Wildman–Crippen LogP) is 2.76. The van der Waals surface area contributed by atoms with Gasteiger partial charge in [0.25, 0.3) is 0 Å². The molecule has 1 N–H and O–H groups in total. The molecule has 0 saturated heterocycles. The average molecular weight is 285 g/mol. The number of aromatic amines is 1. The predicted molar refractivity (Wildman–Crippen MR) is 89.7 cm³/mol. The summed E-state index contributed by atoms with van der Waals surface area (Å²) >= 11 is 0. The molecular weight excluding hydrogens is 262 g/mol. The minimum atomic E-state index is -0.00175. The zero-order valence-corrected chi connectivity index (χ0v) is 13.1. The Kier molecular flexibility index (Phi) is 3.62. The molecule has 1 aliphatic rings. The van der Waals surface area contributed by atoms with Crippen LogP contribution >= 0.6 is 0 Å². The summed E-state index contributed by atoms with van der Waals surface area (Å²) in [6.45, 7) is 7.39. The van der Waals surface area contributed by atoms with Crippen molar-refractivity contribution in [2.45, 2.75) is 26.7 Å². The Labute approximate surface area is 125 Å². The molecule has 0 atom stereocenters. The number of likely N-dealkylation sites (N-methyl/N-ethyl adjacent to an activating group) is 2. The Morgan fingerprint density at radius 2 is 1.95 bits per heavy atom. The lowest BCUT2D eigenvalue weighted by atomic mass is 10.0. The Hall–Kier alpha value is -1.97. The number of pyridine rings is 1. The van der Waals surface area contributed by atoms with Crippen LogP contribution in [0.5, 0.6) is 0 Å². The van der Waals surface area contributed by atoms with Gasteiger partial charge in [0.1, 0.15) is 0 Å². The molecule has 2 aromatic rings. The van der Waals surface area contributed by atoms with Crippen LogP contribution in [0.4, 0.5) is 11.4 Å². The highest BCUT2D eigenvalue weighted by Gasteiger charge is 2.20. The van der Waals surface area contributed by atoms with Gasteiger partial charge in [-0.3, -0.25) is 4.79 Å². The Morgan fingerprint density at radius 1 is 1.14 bits per heavy atom. The van der Waals surface area contributed by atoms with Crippen molar-refractivity contribution in [3.8, 4) is 0 Å². The quantitative estimate of drug-likeness (QED) is 0.942. The minimum absolute atomic E-state index is 0.00175. The van der Waals surface area contributed by atoms with E-state index in [0.717, 1.165) is 43.6 Å². The number of hydrogen-bond donors (Lipinski definition) is 1. The standard InChI is InChI=1S/C17H23N3O/c1-4-6-12-9-17(21)18-14-11-16-15(10-13(12)14)19(3)7-8-20(16)5-2/h9-11H,4-8H2,1-3H3,(H,18,21). The zero-order valence-electron chi connectivity index (χ0n) is 13.1. The first-order chi connectivity index (χ1) is 10.1. The van der Waals surface area contributed by atoms with Gasteiger partial charge in [0, 0.05) is 38.1 Å². The molecule has 0 saturated carbocycles. The van der Waals surface area contributed by atoms with Crippen molar-refractivity contribution in [3.63, 3.8) is 0 Å². The van der Waals surface area contributed by atoms with Crippen molar-refractivity contribution in [2.24, 2.45) is 0 Å². The lowest BCUT2D eigenvalue weighted by Gasteiger charge is -2.36. The molecule has 0 unspecified atom stereocenters. The molecule has 0 radical (unpaired) electrons. The average Bonchev–Trinajstić information content (AvgIpc) is 2.46. The highest BCUT2D eigenvalue weighted by atomic mass is 16.1. The highest BCUT2D eigenvalue weighted by molar-refractivity contribution is 5.93. The van der Waals surface area contributed by atoms with Crippen molar-refractivity contribution >= 4 is 22.3 Å². The summed E-state index contributed by atoms with van der Waals surface area (Å²) in [7, 11) is 2.14. The minimum Gasteiger partial charge on any atom is -0.371 e.